The average molecular weight is 434 g/mol. The Kier molecular flexibility index (Phi) is 9.84. The number of hydrogen-bond donors (Lipinski definition) is 2. The first kappa shape index (κ1) is 26.3. The molecule has 8 heteroatoms. The number of imide groups is 1. The van der Waals surface area contributed by atoms with Gasteiger partial charge >= 0.3 is 12.1 Å². The zero-order chi connectivity index (χ0) is 23.8. The molecule has 0 spiro atoms. The Morgan fingerprint density at radius 2 is 1.77 bits per heavy atom. The van der Waals surface area contributed by atoms with Crippen LogP contribution in [0.2, 0.25) is 0 Å². The van der Waals surface area contributed by atoms with Gasteiger partial charge in [0.25, 0.3) is 0 Å². The minimum absolute atomic E-state index is 0.116. The lowest BCUT2D eigenvalue weighted by atomic mass is 9.77. The molecule has 1 aromatic rings. The minimum atomic E-state index is -1.44. The van der Waals surface area contributed by atoms with Gasteiger partial charge in [-0.1, -0.05) is 71.4 Å². The van der Waals surface area contributed by atoms with Crippen LogP contribution in [0.1, 0.15) is 53.0 Å². The van der Waals surface area contributed by atoms with Crippen LogP contribution in [0, 0.1) is 17.3 Å². The molecule has 0 fully saturated rings. The number of carboxylic acid groups (broad SMARTS) is 1. The molecule has 0 bridgehead atoms. The summed E-state index contributed by atoms with van der Waals surface area (Å²) in [5, 5.41) is 9.63. The highest BCUT2D eigenvalue weighted by molar-refractivity contribution is 5.97. The molecule has 0 heterocycles. The molecule has 1 unspecified atom stereocenters. The summed E-state index contributed by atoms with van der Waals surface area (Å²) in [6, 6.07) is 6.35. The van der Waals surface area contributed by atoms with Crippen molar-refractivity contribution < 1.29 is 29.0 Å². The van der Waals surface area contributed by atoms with Crippen molar-refractivity contribution in [3.8, 4) is 0 Å². The lowest BCUT2D eigenvalue weighted by molar-refractivity contribution is -0.147. The highest BCUT2D eigenvalue weighted by atomic mass is 16.6. The molecule has 171 valence electrons. The number of carbonyl (C=O) groups is 3. The van der Waals surface area contributed by atoms with E-state index in [0.717, 1.165) is 0 Å². The summed E-state index contributed by atoms with van der Waals surface area (Å²) < 4.78 is 5.27. The Labute approximate surface area is 183 Å². The highest BCUT2D eigenvalue weighted by Gasteiger charge is 2.41. The third-order valence-electron chi connectivity index (χ3n) is 5.43. The van der Waals surface area contributed by atoms with Gasteiger partial charge in [-0.15, -0.1) is 0 Å². The molecule has 4 atom stereocenters. The van der Waals surface area contributed by atoms with Crippen LogP contribution in [0.4, 0.5) is 4.79 Å². The topological polar surface area (TPSA) is 127 Å². The monoisotopic (exact) mass is 433 g/mol. The summed E-state index contributed by atoms with van der Waals surface area (Å²) in [4.78, 5) is 50.2. The Morgan fingerprint density at radius 3 is 2.23 bits per heavy atom. The van der Waals surface area contributed by atoms with Gasteiger partial charge < -0.3 is 15.6 Å². The van der Waals surface area contributed by atoms with Gasteiger partial charge in [0.2, 0.25) is 12.2 Å². The number of carboxylic acids is 1. The maximum atomic E-state index is 13.1. The predicted octanol–water partition coefficient (Wildman–Crippen LogP) is 3.14. The number of hydrogen-bond acceptors (Lipinski definition) is 6. The molecule has 3 N–H and O–H groups in total. The summed E-state index contributed by atoms with van der Waals surface area (Å²) in [7, 11) is 0. The lowest BCUT2D eigenvalue weighted by Gasteiger charge is -2.33. The van der Waals surface area contributed by atoms with Gasteiger partial charge in [-0.2, -0.15) is 0 Å². The Bertz CT molecular complexity index is 759. The van der Waals surface area contributed by atoms with Gasteiger partial charge in [-0.3, -0.25) is 14.4 Å². The maximum absolute atomic E-state index is 13.1. The van der Waals surface area contributed by atoms with Gasteiger partial charge in [0, 0.05) is 0 Å². The van der Waals surface area contributed by atoms with Gasteiger partial charge in [0.15, 0.2) is 0 Å². The van der Waals surface area contributed by atoms with Crippen molar-refractivity contribution in [3.63, 3.8) is 0 Å². The Balaban J connectivity index is 3.22. The van der Waals surface area contributed by atoms with E-state index in [1.807, 2.05) is 13.0 Å². The number of amides is 2. The number of rotatable bonds is 10. The van der Waals surface area contributed by atoms with E-state index in [4.69, 9.17) is 10.5 Å². The molecule has 8 nitrogen and oxygen atoms in total. The van der Waals surface area contributed by atoms with Crippen LogP contribution in [0.25, 0.3) is 0 Å². The Morgan fingerprint density at radius 1 is 1.19 bits per heavy atom. The van der Waals surface area contributed by atoms with E-state index in [2.05, 4.69) is 0 Å². The van der Waals surface area contributed by atoms with Crippen LogP contribution in [0.3, 0.4) is 0 Å². The predicted molar refractivity (Wildman–Crippen MR) is 116 cm³/mol. The fraction of sp³-hybridized carbons (Fsp3) is 0.565. The van der Waals surface area contributed by atoms with Crippen molar-refractivity contribution in [2.24, 2.45) is 23.0 Å². The SMILES string of the molecule is CC[C@H](C)[C@H](N)C(=O)N(C(=O)OCc1ccccc1)[C@H]([C]=O)CC(C(=O)O)C(C)(C)C. The van der Waals surface area contributed by atoms with Crippen molar-refractivity contribution in [2.45, 2.75) is 66.2 Å². The highest BCUT2D eigenvalue weighted by Crippen LogP contribution is 2.31. The summed E-state index contributed by atoms with van der Waals surface area (Å²) in [5.41, 5.74) is 6.01. The van der Waals surface area contributed by atoms with Crippen LogP contribution in [-0.2, 0) is 25.7 Å². The first-order chi connectivity index (χ1) is 14.4. The molecule has 0 saturated heterocycles. The van der Waals surface area contributed by atoms with Crippen LogP contribution in [0.5, 0.6) is 0 Å². The molecule has 2 amide bonds. The fourth-order valence-electron chi connectivity index (χ4n) is 3.07. The van der Waals surface area contributed by atoms with E-state index in [-0.39, 0.29) is 18.9 Å². The van der Waals surface area contributed by atoms with Crippen molar-refractivity contribution in [3.05, 3.63) is 35.9 Å². The second kappa shape index (κ2) is 11.6. The number of benzene rings is 1. The number of nitrogens with zero attached hydrogens (tertiary/aromatic N) is 1. The molecular weight excluding hydrogens is 400 g/mol. The van der Waals surface area contributed by atoms with Gasteiger partial charge in [-0.25, -0.2) is 9.69 Å². The molecular formula is C23H33N2O6. The molecule has 0 aliphatic carbocycles. The second-order valence-corrected chi connectivity index (χ2v) is 8.79. The van der Waals surface area contributed by atoms with E-state index in [9.17, 15) is 24.3 Å². The van der Waals surface area contributed by atoms with Crippen molar-refractivity contribution in [1.82, 2.24) is 4.90 Å². The van der Waals surface area contributed by atoms with Crippen molar-refractivity contribution >= 4 is 24.3 Å². The number of nitrogens with two attached hydrogens (primary N) is 1. The van der Waals surface area contributed by atoms with Gasteiger partial charge in [0.05, 0.1) is 12.0 Å². The van der Waals surface area contributed by atoms with Crippen LogP contribution in [0.15, 0.2) is 30.3 Å². The van der Waals surface area contributed by atoms with Crippen molar-refractivity contribution in [1.29, 1.82) is 0 Å². The van der Waals surface area contributed by atoms with E-state index < -0.39 is 41.4 Å². The maximum Gasteiger partial charge on any atom is 0.417 e. The van der Waals surface area contributed by atoms with Gasteiger partial charge in [-0.05, 0) is 23.3 Å². The number of ether oxygens (including phenoxy) is 1. The molecule has 31 heavy (non-hydrogen) atoms. The van der Waals surface area contributed by atoms with E-state index in [1.54, 1.807) is 58.2 Å². The third kappa shape index (κ3) is 7.47. The molecule has 1 rings (SSSR count). The Hall–Kier alpha value is -2.74. The minimum Gasteiger partial charge on any atom is -0.481 e. The first-order valence-electron chi connectivity index (χ1n) is 10.3. The van der Waals surface area contributed by atoms with Crippen LogP contribution in [-0.4, -0.2) is 46.3 Å². The molecule has 0 aliphatic rings. The molecule has 1 radical (unpaired) electrons. The third-order valence-corrected chi connectivity index (χ3v) is 5.43. The molecule has 1 aromatic carbocycles. The normalized spacial score (nSPS) is 15.3. The van der Waals surface area contributed by atoms with Gasteiger partial charge in [0.1, 0.15) is 12.6 Å². The van der Waals surface area contributed by atoms with E-state index >= 15 is 0 Å². The average Bonchev–Trinajstić information content (AvgIpc) is 2.72. The zero-order valence-corrected chi connectivity index (χ0v) is 18.8. The molecule has 0 aliphatic heterocycles. The van der Waals surface area contributed by atoms with Crippen LogP contribution >= 0.6 is 0 Å². The second-order valence-electron chi connectivity index (χ2n) is 8.79. The number of aliphatic carboxylic acids is 1. The standard InChI is InChI=1S/C23H33N2O6/c1-6-15(2)19(24)20(27)25(22(30)31-14-16-10-8-7-9-11-16)17(13-26)12-18(21(28)29)23(3,4)5/h7-11,15,17-19H,6,12,14,24H2,1-5H3,(H,28,29)/t15-,17-,18?,19-/m0/s1. The fourth-order valence-corrected chi connectivity index (χ4v) is 3.07. The van der Waals surface area contributed by atoms with E-state index in [1.165, 1.54) is 0 Å². The quantitative estimate of drug-likeness (QED) is 0.580. The number of carbonyl (C=O) groups excluding carboxylic acids is 3. The largest absolute Gasteiger partial charge is 0.481 e. The zero-order valence-electron chi connectivity index (χ0n) is 18.8. The summed E-state index contributed by atoms with van der Waals surface area (Å²) in [5.74, 6) is -3.19. The summed E-state index contributed by atoms with van der Waals surface area (Å²) in [6.45, 7) is 8.61. The summed E-state index contributed by atoms with van der Waals surface area (Å²) >= 11 is 0. The first-order valence-corrected chi connectivity index (χ1v) is 10.3. The molecule has 0 saturated carbocycles. The molecule has 0 aromatic heterocycles. The van der Waals surface area contributed by atoms with Crippen molar-refractivity contribution in [2.75, 3.05) is 0 Å². The summed E-state index contributed by atoms with van der Waals surface area (Å²) in [6.07, 6.45) is 0.899. The van der Waals surface area contributed by atoms with E-state index in [0.29, 0.717) is 16.9 Å². The lowest BCUT2D eigenvalue weighted by Crippen LogP contribution is -2.55. The van der Waals surface area contributed by atoms with Crippen LogP contribution < -0.4 is 5.73 Å². The smallest absolute Gasteiger partial charge is 0.417 e.